The minimum atomic E-state index is -0.263. The Morgan fingerprint density at radius 1 is 1.21 bits per heavy atom. The van der Waals surface area contributed by atoms with E-state index in [1.165, 1.54) is 4.90 Å². The summed E-state index contributed by atoms with van der Waals surface area (Å²) in [6.07, 6.45) is 0. The Balaban J connectivity index is 2.07. The van der Waals surface area contributed by atoms with Gasteiger partial charge in [0.15, 0.2) is 0 Å². The van der Waals surface area contributed by atoms with E-state index in [4.69, 9.17) is 5.73 Å². The van der Waals surface area contributed by atoms with Crippen LogP contribution in [0.1, 0.15) is 17.2 Å². The van der Waals surface area contributed by atoms with Crippen LogP contribution in [-0.4, -0.2) is 48.3 Å². The molecule has 0 aliphatic carbocycles. The maximum Gasteiger partial charge on any atom is 0.242 e. The molecule has 1 fully saturated rings. The molecule has 2 amide bonds. The Hall–Kier alpha value is -1.88. The van der Waals surface area contributed by atoms with Crippen LogP contribution in [0, 0.1) is 6.92 Å². The van der Waals surface area contributed by atoms with Gasteiger partial charge >= 0.3 is 0 Å². The van der Waals surface area contributed by atoms with Crippen molar-refractivity contribution in [2.24, 2.45) is 5.73 Å². The van der Waals surface area contributed by atoms with Crippen molar-refractivity contribution in [1.82, 2.24) is 9.80 Å². The van der Waals surface area contributed by atoms with Gasteiger partial charge in [0.25, 0.3) is 0 Å². The van der Waals surface area contributed by atoms with Gasteiger partial charge in [0, 0.05) is 19.6 Å². The third kappa shape index (κ3) is 2.93. The van der Waals surface area contributed by atoms with Gasteiger partial charge in [0.05, 0.1) is 13.1 Å². The highest BCUT2D eigenvalue weighted by molar-refractivity contribution is 5.92. The van der Waals surface area contributed by atoms with E-state index in [0.29, 0.717) is 6.54 Å². The quantitative estimate of drug-likeness (QED) is 0.850. The van der Waals surface area contributed by atoms with Gasteiger partial charge in [0.2, 0.25) is 11.8 Å². The average Bonchev–Trinajstić information content (AvgIpc) is 2.36. The van der Waals surface area contributed by atoms with Gasteiger partial charge < -0.3 is 15.5 Å². The van der Waals surface area contributed by atoms with E-state index in [2.05, 4.69) is 0 Å². The summed E-state index contributed by atoms with van der Waals surface area (Å²) in [4.78, 5) is 26.5. The Morgan fingerprint density at radius 3 is 2.58 bits per heavy atom. The largest absolute Gasteiger partial charge is 0.335 e. The molecule has 1 atom stereocenters. The molecule has 1 aliphatic rings. The lowest BCUT2D eigenvalue weighted by Crippen LogP contribution is -2.53. The Morgan fingerprint density at radius 2 is 1.89 bits per heavy atom. The van der Waals surface area contributed by atoms with Crippen molar-refractivity contribution >= 4 is 11.8 Å². The molecule has 5 heteroatoms. The zero-order valence-corrected chi connectivity index (χ0v) is 11.3. The van der Waals surface area contributed by atoms with Crippen molar-refractivity contribution in [3.8, 4) is 0 Å². The second-order valence-electron chi connectivity index (χ2n) is 4.99. The van der Waals surface area contributed by atoms with Gasteiger partial charge in [0.1, 0.15) is 0 Å². The van der Waals surface area contributed by atoms with Crippen LogP contribution in [0.4, 0.5) is 0 Å². The molecule has 0 spiro atoms. The van der Waals surface area contributed by atoms with Crippen molar-refractivity contribution < 1.29 is 9.59 Å². The minimum Gasteiger partial charge on any atom is -0.335 e. The molecule has 0 saturated carbocycles. The van der Waals surface area contributed by atoms with E-state index >= 15 is 0 Å². The lowest BCUT2D eigenvalue weighted by molar-refractivity contribution is -0.148. The summed E-state index contributed by atoms with van der Waals surface area (Å²) in [6, 6.07) is 7.57. The molecular formula is C14H19N3O2. The molecule has 1 heterocycles. The molecule has 1 unspecified atom stereocenters. The van der Waals surface area contributed by atoms with E-state index in [0.717, 1.165) is 11.1 Å². The number of hydrogen-bond acceptors (Lipinski definition) is 3. The third-order valence-electron chi connectivity index (χ3n) is 3.48. The van der Waals surface area contributed by atoms with Crippen molar-refractivity contribution in [3.63, 3.8) is 0 Å². The SMILES string of the molecule is Cc1ccccc1C(N)CN1CC(=O)N(C)CC1=O. The smallest absolute Gasteiger partial charge is 0.242 e. The highest BCUT2D eigenvalue weighted by Gasteiger charge is 2.28. The Kier molecular flexibility index (Phi) is 3.85. The van der Waals surface area contributed by atoms with Crippen molar-refractivity contribution in [2.75, 3.05) is 26.7 Å². The summed E-state index contributed by atoms with van der Waals surface area (Å²) < 4.78 is 0. The molecule has 1 saturated heterocycles. The third-order valence-corrected chi connectivity index (χ3v) is 3.48. The number of nitrogens with zero attached hydrogens (tertiary/aromatic N) is 2. The number of piperazine rings is 1. The summed E-state index contributed by atoms with van der Waals surface area (Å²) in [5, 5.41) is 0. The predicted molar refractivity (Wildman–Crippen MR) is 72.3 cm³/mol. The van der Waals surface area contributed by atoms with E-state index in [9.17, 15) is 9.59 Å². The number of amides is 2. The molecule has 0 aromatic heterocycles. The summed E-state index contributed by atoms with van der Waals surface area (Å²) in [7, 11) is 1.64. The summed E-state index contributed by atoms with van der Waals surface area (Å²) >= 11 is 0. The van der Waals surface area contributed by atoms with Gasteiger partial charge in [-0.2, -0.15) is 0 Å². The molecule has 1 aliphatic heterocycles. The van der Waals surface area contributed by atoms with E-state index in [1.807, 2.05) is 31.2 Å². The molecule has 19 heavy (non-hydrogen) atoms. The minimum absolute atomic E-state index is 0.0448. The zero-order chi connectivity index (χ0) is 14.0. The van der Waals surface area contributed by atoms with Gasteiger partial charge in [-0.3, -0.25) is 9.59 Å². The monoisotopic (exact) mass is 261 g/mol. The topological polar surface area (TPSA) is 66.6 Å². The molecule has 1 aromatic rings. The number of carbonyl (C=O) groups is 2. The number of carbonyl (C=O) groups excluding carboxylic acids is 2. The zero-order valence-electron chi connectivity index (χ0n) is 11.3. The molecule has 102 valence electrons. The fourth-order valence-corrected chi connectivity index (χ4v) is 2.27. The van der Waals surface area contributed by atoms with Crippen LogP contribution in [0.5, 0.6) is 0 Å². The second kappa shape index (κ2) is 5.40. The first-order valence-corrected chi connectivity index (χ1v) is 6.32. The lowest BCUT2D eigenvalue weighted by atomic mass is 10.0. The Labute approximate surface area is 113 Å². The molecule has 5 nitrogen and oxygen atoms in total. The molecule has 0 radical (unpaired) electrons. The van der Waals surface area contributed by atoms with Gasteiger partial charge in [-0.05, 0) is 18.1 Å². The second-order valence-corrected chi connectivity index (χ2v) is 4.99. The molecule has 1 aromatic carbocycles. The maximum atomic E-state index is 11.9. The molecular weight excluding hydrogens is 242 g/mol. The van der Waals surface area contributed by atoms with Gasteiger partial charge in [-0.1, -0.05) is 24.3 Å². The number of benzene rings is 1. The number of rotatable bonds is 3. The van der Waals surface area contributed by atoms with Gasteiger partial charge in [-0.15, -0.1) is 0 Å². The summed E-state index contributed by atoms with van der Waals surface area (Å²) in [5.74, 6) is -0.0947. The van der Waals surface area contributed by atoms with Crippen LogP contribution in [0.2, 0.25) is 0 Å². The number of aryl methyl sites for hydroxylation is 1. The molecule has 0 bridgehead atoms. The first-order chi connectivity index (χ1) is 8.99. The van der Waals surface area contributed by atoms with Crippen molar-refractivity contribution in [2.45, 2.75) is 13.0 Å². The maximum absolute atomic E-state index is 11.9. The average molecular weight is 261 g/mol. The van der Waals surface area contributed by atoms with Crippen molar-refractivity contribution in [1.29, 1.82) is 0 Å². The first-order valence-electron chi connectivity index (χ1n) is 6.32. The van der Waals surface area contributed by atoms with Crippen LogP contribution in [-0.2, 0) is 9.59 Å². The van der Waals surface area contributed by atoms with E-state index in [1.54, 1.807) is 11.9 Å². The van der Waals surface area contributed by atoms with Crippen LogP contribution < -0.4 is 5.73 Å². The summed E-state index contributed by atoms with van der Waals surface area (Å²) in [6.45, 7) is 2.63. The van der Waals surface area contributed by atoms with Gasteiger partial charge in [-0.25, -0.2) is 0 Å². The van der Waals surface area contributed by atoms with Crippen LogP contribution in [0.25, 0.3) is 0 Å². The highest BCUT2D eigenvalue weighted by Crippen LogP contribution is 2.17. The van der Waals surface area contributed by atoms with Crippen LogP contribution >= 0.6 is 0 Å². The van der Waals surface area contributed by atoms with Crippen LogP contribution in [0.15, 0.2) is 24.3 Å². The highest BCUT2D eigenvalue weighted by atomic mass is 16.2. The number of hydrogen-bond donors (Lipinski definition) is 1. The lowest BCUT2D eigenvalue weighted by Gasteiger charge is -2.33. The summed E-state index contributed by atoms with van der Waals surface area (Å²) in [5.41, 5.74) is 8.27. The normalized spacial score (nSPS) is 17.8. The standard InChI is InChI=1S/C14H19N3O2/c1-10-5-3-4-6-11(10)12(15)7-17-9-13(18)16(2)8-14(17)19/h3-6,12H,7-9,15H2,1-2H3. The fraction of sp³-hybridized carbons (Fsp3) is 0.429. The first kappa shape index (κ1) is 13.5. The number of nitrogens with two attached hydrogens (primary N) is 1. The van der Waals surface area contributed by atoms with Crippen molar-refractivity contribution in [3.05, 3.63) is 35.4 Å². The van der Waals surface area contributed by atoms with E-state index in [-0.39, 0.29) is 30.9 Å². The van der Waals surface area contributed by atoms with E-state index < -0.39 is 0 Å². The Bertz CT molecular complexity index is 501. The number of likely N-dealkylation sites (N-methyl/N-ethyl adjacent to an activating group) is 1. The molecule has 2 N–H and O–H groups in total. The molecule has 2 rings (SSSR count). The van der Waals surface area contributed by atoms with Crippen LogP contribution in [0.3, 0.4) is 0 Å². The predicted octanol–water partition coefficient (Wildman–Crippen LogP) is 0.295. The fourth-order valence-electron chi connectivity index (χ4n) is 2.27.